The fourth-order valence-corrected chi connectivity index (χ4v) is 1.47. The first kappa shape index (κ1) is 9.38. The molecule has 14 heavy (non-hydrogen) atoms. The summed E-state index contributed by atoms with van der Waals surface area (Å²) in [4.78, 5) is 0. The number of nitrogens with zero attached hydrogens (tertiary/aromatic N) is 4. The van der Waals surface area contributed by atoms with E-state index in [4.69, 9.17) is 0 Å². The average molecular weight is 207 g/mol. The minimum absolute atomic E-state index is 0.290. The summed E-state index contributed by atoms with van der Waals surface area (Å²) in [7, 11) is 0. The van der Waals surface area contributed by atoms with Crippen molar-refractivity contribution in [1.82, 2.24) is 25.5 Å². The Hall–Kier alpha value is -1.18. The molecule has 8 heteroatoms. The zero-order valence-electron chi connectivity index (χ0n) is 7.12. The van der Waals surface area contributed by atoms with E-state index in [0.717, 1.165) is 4.68 Å². The molecule has 0 radical (unpaired) electrons. The number of tetrazole rings is 1. The molecule has 0 aliphatic carbocycles. The number of hydrogen-bond acceptors (Lipinski definition) is 4. The van der Waals surface area contributed by atoms with Crippen molar-refractivity contribution in [3.63, 3.8) is 0 Å². The van der Waals surface area contributed by atoms with E-state index < -0.39 is 12.0 Å². The largest absolute Gasteiger partial charge is 0.453 e. The summed E-state index contributed by atoms with van der Waals surface area (Å²) in [5, 5.41) is 12.3. The summed E-state index contributed by atoms with van der Waals surface area (Å²) in [5.74, 6) is -1.02. The van der Waals surface area contributed by atoms with Gasteiger partial charge in [-0.05, 0) is 23.4 Å². The lowest BCUT2D eigenvalue weighted by Crippen LogP contribution is -2.22. The van der Waals surface area contributed by atoms with Crippen LogP contribution in [0.2, 0.25) is 0 Å². The van der Waals surface area contributed by atoms with Gasteiger partial charge in [0.05, 0.1) is 6.04 Å². The Morgan fingerprint density at radius 3 is 2.79 bits per heavy atom. The van der Waals surface area contributed by atoms with Crippen molar-refractivity contribution in [2.45, 2.75) is 18.6 Å². The topological polar surface area (TPSA) is 55.6 Å². The molecule has 0 saturated carbocycles. The molecule has 1 aliphatic rings. The van der Waals surface area contributed by atoms with E-state index in [2.05, 4.69) is 20.8 Å². The van der Waals surface area contributed by atoms with Crippen LogP contribution in [0.3, 0.4) is 0 Å². The van der Waals surface area contributed by atoms with Gasteiger partial charge in [-0.25, -0.2) is 4.68 Å². The highest BCUT2D eigenvalue weighted by Crippen LogP contribution is 2.29. The van der Waals surface area contributed by atoms with Gasteiger partial charge < -0.3 is 5.32 Å². The van der Waals surface area contributed by atoms with E-state index in [-0.39, 0.29) is 6.04 Å². The maximum absolute atomic E-state index is 12.4. The van der Waals surface area contributed by atoms with Crippen molar-refractivity contribution in [3.05, 3.63) is 5.82 Å². The normalized spacial score (nSPS) is 22.9. The molecule has 2 rings (SSSR count). The van der Waals surface area contributed by atoms with Gasteiger partial charge in [0.25, 0.3) is 5.82 Å². The SMILES string of the molecule is FC(F)(F)c1nnnn1C1CCNC1. The molecule has 2 heterocycles. The lowest BCUT2D eigenvalue weighted by molar-refractivity contribution is -0.148. The van der Waals surface area contributed by atoms with Crippen LogP contribution in [0.15, 0.2) is 0 Å². The molecule has 1 saturated heterocycles. The van der Waals surface area contributed by atoms with Crippen LogP contribution in [-0.4, -0.2) is 33.3 Å². The first-order chi connectivity index (χ1) is 6.59. The summed E-state index contributed by atoms with van der Waals surface area (Å²) >= 11 is 0. The number of nitrogens with one attached hydrogen (secondary N) is 1. The Morgan fingerprint density at radius 1 is 1.43 bits per heavy atom. The molecule has 1 atom stereocenters. The summed E-state index contributed by atoms with van der Waals surface area (Å²) in [6.45, 7) is 1.18. The molecule has 78 valence electrons. The van der Waals surface area contributed by atoms with Crippen LogP contribution in [0.25, 0.3) is 0 Å². The Balaban J connectivity index is 2.29. The second-order valence-corrected chi connectivity index (χ2v) is 3.09. The first-order valence-electron chi connectivity index (χ1n) is 4.15. The fraction of sp³-hybridized carbons (Fsp3) is 0.833. The molecule has 1 aliphatic heterocycles. The molecule has 1 aromatic rings. The van der Waals surface area contributed by atoms with Crippen LogP contribution in [0.5, 0.6) is 0 Å². The fourth-order valence-electron chi connectivity index (χ4n) is 1.47. The van der Waals surface area contributed by atoms with Gasteiger partial charge in [0, 0.05) is 6.54 Å². The monoisotopic (exact) mass is 207 g/mol. The van der Waals surface area contributed by atoms with Crippen molar-refractivity contribution in [1.29, 1.82) is 0 Å². The van der Waals surface area contributed by atoms with Gasteiger partial charge in [-0.3, -0.25) is 0 Å². The molecular formula is C6H8F3N5. The number of hydrogen-bond donors (Lipinski definition) is 1. The molecule has 5 nitrogen and oxygen atoms in total. The van der Waals surface area contributed by atoms with Gasteiger partial charge in [-0.15, -0.1) is 5.10 Å². The minimum atomic E-state index is -4.48. The zero-order valence-corrected chi connectivity index (χ0v) is 7.12. The van der Waals surface area contributed by atoms with Crippen LogP contribution in [-0.2, 0) is 6.18 Å². The van der Waals surface area contributed by atoms with Gasteiger partial charge in [0.1, 0.15) is 0 Å². The third-order valence-corrected chi connectivity index (χ3v) is 2.13. The van der Waals surface area contributed by atoms with Crippen LogP contribution in [0.4, 0.5) is 13.2 Å². The summed E-state index contributed by atoms with van der Waals surface area (Å²) in [6, 6.07) is -0.290. The smallest absolute Gasteiger partial charge is 0.315 e. The highest BCUT2D eigenvalue weighted by Gasteiger charge is 2.40. The Labute approximate surface area is 77.3 Å². The van der Waals surface area contributed by atoms with Crippen molar-refractivity contribution in [2.75, 3.05) is 13.1 Å². The number of rotatable bonds is 1. The molecule has 1 unspecified atom stereocenters. The van der Waals surface area contributed by atoms with Crippen LogP contribution in [0.1, 0.15) is 18.3 Å². The Morgan fingerprint density at radius 2 is 2.21 bits per heavy atom. The van der Waals surface area contributed by atoms with Crippen molar-refractivity contribution in [3.8, 4) is 0 Å². The highest BCUT2D eigenvalue weighted by atomic mass is 19.4. The molecule has 0 bridgehead atoms. The first-order valence-corrected chi connectivity index (χ1v) is 4.15. The number of halogens is 3. The predicted molar refractivity (Wildman–Crippen MR) is 39.3 cm³/mol. The van der Waals surface area contributed by atoms with Gasteiger partial charge in [0.15, 0.2) is 0 Å². The molecule has 0 amide bonds. The number of alkyl halides is 3. The highest BCUT2D eigenvalue weighted by molar-refractivity contribution is 4.92. The molecule has 0 aromatic carbocycles. The van der Waals surface area contributed by atoms with E-state index in [1.54, 1.807) is 0 Å². The summed E-state index contributed by atoms with van der Waals surface area (Å²) < 4.78 is 37.9. The molecule has 1 N–H and O–H groups in total. The van der Waals surface area contributed by atoms with Gasteiger partial charge in [-0.1, -0.05) is 0 Å². The van der Waals surface area contributed by atoms with Gasteiger partial charge in [-0.2, -0.15) is 13.2 Å². The number of aromatic nitrogens is 4. The zero-order chi connectivity index (χ0) is 10.2. The summed E-state index contributed by atoms with van der Waals surface area (Å²) in [6.07, 6.45) is -3.86. The molecular weight excluding hydrogens is 199 g/mol. The third-order valence-electron chi connectivity index (χ3n) is 2.13. The van der Waals surface area contributed by atoms with Gasteiger partial charge in [0.2, 0.25) is 0 Å². The quantitative estimate of drug-likeness (QED) is 0.716. The van der Waals surface area contributed by atoms with E-state index in [1.165, 1.54) is 0 Å². The second-order valence-electron chi connectivity index (χ2n) is 3.09. The van der Waals surface area contributed by atoms with Crippen LogP contribution in [0, 0.1) is 0 Å². The standard InChI is InChI=1S/C6H8F3N5/c7-6(8,9)5-11-12-13-14(5)4-1-2-10-3-4/h4,10H,1-3H2. The van der Waals surface area contributed by atoms with Crippen molar-refractivity contribution >= 4 is 0 Å². The maximum atomic E-state index is 12.4. The van der Waals surface area contributed by atoms with Crippen molar-refractivity contribution < 1.29 is 13.2 Å². The van der Waals surface area contributed by atoms with Gasteiger partial charge >= 0.3 is 6.18 Å². The van der Waals surface area contributed by atoms with E-state index in [0.29, 0.717) is 19.5 Å². The van der Waals surface area contributed by atoms with E-state index in [9.17, 15) is 13.2 Å². The van der Waals surface area contributed by atoms with E-state index in [1.807, 2.05) is 0 Å². The molecule has 1 fully saturated rings. The van der Waals surface area contributed by atoms with E-state index >= 15 is 0 Å². The van der Waals surface area contributed by atoms with Crippen molar-refractivity contribution in [2.24, 2.45) is 0 Å². The Bertz CT molecular complexity index is 314. The minimum Gasteiger partial charge on any atom is -0.315 e. The maximum Gasteiger partial charge on any atom is 0.453 e. The third kappa shape index (κ3) is 1.57. The molecule has 1 aromatic heterocycles. The lowest BCUT2D eigenvalue weighted by atomic mass is 10.2. The van der Waals surface area contributed by atoms with Crippen LogP contribution < -0.4 is 5.32 Å². The predicted octanol–water partition coefficient (Wildman–Crippen LogP) is 0.226. The molecule has 0 spiro atoms. The summed E-state index contributed by atoms with van der Waals surface area (Å²) in [5.41, 5.74) is 0. The lowest BCUT2D eigenvalue weighted by Gasteiger charge is -2.11. The van der Waals surface area contributed by atoms with Crippen LogP contribution >= 0.6 is 0 Å². The Kier molecular flexibility index (Phi) is 2.14. The second kappa shape index (κ2) is 3.19. The average Bonchev–Trinajstić information content (AvgIpc) is 2.73.